The lowest BCUT2D eigenvalue weighted by Gasteiger charge is -2.02. The molecule has 0 atom stereocenters. The van der Waals surface area contributed by atoms with Crippen LogP contribution in [0.1, 0.15) is 10.5 Å². The molecule has 2 heterocycles. The van der Waals surface area contributed by atoms with Gasteiger partial charge in [0.2, 0.25) is 0 Å². The molecule has 0 saturated carbocycles. The molecule has 76 valence electrons. The first-order valence-corrected chi connectivity index (χ1v) is 4.11. The van der Waals surface area contributed by atoms with Gasteiger partial charge in [-0.05, 0) is 12.1 Å². The number of hydrogen-bond acceptors (Lipinski definition) is 4. The standard InChI is InChI=1S/C9H7N3O3/c13-7-5-11-12(8(7)9(14)15)6-2-1-3-10-4-6/h1-5,13H,(H,14,15). The smallest absolute Gasteiger partial charge is 0.358 e. The van der Waals surface area contributed by atoms with E-state index in [4.69, 9.17) is 5.11 Å². The van der Waals surface area contributed by atoms with Crippen LogP contribution < -0.4 is 0 Å². The second-order valence-corrected chi connectivity index (χ2v) is 2.81. The van der Waals surface area contributed by atoms with Crippen molar-refractivity contribution in [1.29, 1.82) is 0 Å². The van der Waals surface area contributed by atoms with Gasteiger partial charge >= 0.3 is 5.97 Å². The number of aromatic carboxylic acids is 1. The molecule has 0 amide bonds. The van der Waals surface area contributed by atoms with E-state index < -0.39 is 5.97 Å². The van der Waals surface area contributed by atoms with E-state index in [0.29, 0.717) is 5.69 Å². The molecule has 0 saturated heterocycles. The molecule has 6 nitrogen and oxygen atoms in total. The van der Waals surface area contributed by atoms with Gasteiger partial charge in [0.05, 0.1) is 18.1 Å². The zero-order chi connectivity index (χ0) is 10.8. The molecule has 0 bridgehead atoms. The number of nitrogens with zero attached hydrogens (tertiary/aromatic N) is 3. The van der Waals surface area contributed by atoms with Crippen molar-refractivity contribution in [3.8, 4) is 11.4 Å². The van der Waals surface area contributed by atoms with Gasteiger partial charge in [-0.1, -0.05) is 0 Å². The SMILES string of the molecule is O=C(O)c1c(O)cnn1-c1cccnc1. The summed E-state index contributed by atoms with van der Waals surface area (Å²) in [6, 6.07) is 3.30. The Balaban J connectivity index is 2.59. The summed E-state index contributed by atoms with van der Waals surface area (Å²) in [6.07, 6.45) is 4.10. The second kappa shape index (κ2) is 3.41. The summed E-state index contributed by atoms with van der Waals surface area (Å²) in [4.78, 5) is 14.7. The monoisotopic (exact) mass is 205 g/mol. The first-order valence-electron chi connectivity index (χ1n) is 4.11. The van der Waals surface area contributed by atoms with Gasteiger partial charge in [-0.2, -0.15) is 5.10 Å². The number of rotatable bonds is 2. The molecule has 2 N–H and O–H groups in total. The molecule has 0 radical (unpaired) electrons. The van der Waals surface area contributed by atoms with Gasteiger partial charge in [0, 0.05) is 6.20 Å². The lowest BCUT2D eigenvalue weighted by molar-refractivity contribution is 0.0683. The van der Waals surface area contributed by atoms with Crippen molar-refractivity contribution in [1.82, 2.24) is 14.8 Å². The number of hydrogen-bond donors (Lipinski definition) is 2. The molecule has 0 fully saturated rings. The fourth-order valence-electron chi connectivity index (χ4n) is 1.21. The van der Waals surface area contributed by atoms with Crippen LogP contribution in [0.2, 0.25) is 0 Å². The summed E-state index contributed by atoms with van der Waals surface area (Å²) in [7, 11) is 0. The van der Waals surface area contributed by atoms with E-state index in [1.165, 1.54) is 6.20 Å². The third-order valence-electron chi connectivity index (χ3n) is 1.84. The van der Waals surface area contributed by atoms with E-state index >= 15 is 0 Å². The Kier molecular flexibility index (Phi) is 2.09. The first-order chi connectivity index (χ1) is 7.20. The minimum absolute atomic E-state index is 0.275. The molecule has 0 aliphatic heterocycles. The molecule has 0 spiro atoms. The van der Waals surface area contributed by atoms with E-state index in [1.807, 2.05) is 0 Å². The number of carboxylic acids is 1. The van der Waals surface area contributed by atoms with Crippen molar-refractivity contribution < 1.29 is 15.0 Å². The van der Waals surface area contributed by atoms with Crippen molar-refractivity contribution in [3.63, 3.8) is 0 Å². The van der Waals surface area contributed by atoms with Crippen molar-refractivity contribution in [2.24, 2.45) is 0 Å². The third-order valence-corrected chi connectivity index (χ3v) is 1.84. The largest absolute Gasteiger partial charge is 0.504 e. The number of pyridine rings is 1. The molecule has 0 aromatic carbocycles. The topological polar surface area (TPSA) is 88.2 Å². The van der Waals surface area contributed by atoms with Crippen LogP contribution in [0.3, 0.4) is 0 Å². The summed E-state index contributed by atoms with van der Waals surface area (Å²) in [5, 5.41) is 21.9. The van der Waals surface area contributed by atoms with Crippen LogP contribution in [0.25, 0.3) is 5.69 Å². The molecule has 0 aliphatic rings. The van der Waals surface area contributed by atoms with Crippen LogP contribution >= 0.6 is 0 Å². The average Bonchev–Trinajstić information content (AvgIpc) is 2.61. The summed E-state index contributed by atoms with van der Waals surface area (Å²) in [6.45, 7) is 0. The zero-order valence-corrected chi connectivity index (χ0v) is 7.53. The fourth-order valence-corrected chi connectivity index (χ4v) is 1.21. The Morgan fingerprint density at radius 2 is 2.20 bits per heavy atom. The van der Waals surface area contributed by atoms with Gasteiger partial charge in [0.25, 0.3) is 0 Å². The quantitative estimate of drug-likeness (QED) is 0.752. The summed E-state index contributed by atoms with van der Waals surface area (Å²) >= 11 is 0. The molecule has 2 aromatic rings. The highest BCUT2D eigenvalue weighted by Gasteiger charge is 2.18. The predicted molar refractivity (Wildman–Crippen MR) is 50.0 cm³/mol. The highest BCUT2D eigenvalue weighted by atomic mass is 16.4. The number of aromatic hydroxyl groups is 1. The molecular weight excluding hydrogens is 198 g/mol. The van der Waals surface area contributed by atoms with E-state index in [9.17, 15) is 9.90 Å². The molecule has 2 aromatic heterocycles. The van der Waals surface area contributed by atoms with Crippen molar-refractivity contribution >= 4 is 5.97 Å². The van der Waals surface area contributed by atoms with Crippen LogP contribution in [0.4, 0.5) is 0 Å². The minimum Gasteiger partial charge on any atom is -0.504 e. The molecule has 2 rings (SSSR count). The van der Waals surface area contributed by atoms with Crippen molar-refractivity contribution in [2.75, 3.05) is 0 Å². The maximum absolute atomic E-state index is 10.8. The van der Waals surface area contributed by atoms with Crippen LogP contribution in [-0.2, 0) is 0 Å². The Morgan fingerprint density at radius 1 is 1.40 bits per heavy atom. The first kappa shape index (κ1) is 9.20. The average molecular weight is 205 g/mol. The lowest BCUT2D eigenvalue weighted by Crippen LogP contribution is -2.08. The maximum atomic E-state index is 10.8. The van der Waals surface area contributed by atoms with Crippen LogP contribution in [0.15, 0.2) is 30.7 Å². The molecule has 0 unspecified atom stereocenters. The van der Waals surface area contributed by atoms with Crippen LogP contribution in [0, 0.1) is 0 Å². The van der Waals surface area contributed by atoms with Gasteiger partial charge in [-0.25, -0.2) is 9.48 Å². The molecule has 6 heteroatoms. The van der Waals surface area contributed by atoms with E-state index in [1.54, 1.807) is 18.3 Å². The second-order valence-electron chi connectivity index (χ2n) is 2.81. The van der Waals surface area contributed by atoms with Crippen molar-refractivity contribution in [2.45, 2.75) is 0 Å². The van der Waals surface area contributed by atoms with Gasteiger partial charge < -0.3 is 10.2 Å². The fraction of sp³-hybridized carbons (Fsp3) is 0. The van der Waals surface area contributed by atoms with Crippen molar-refractivity contribution in [3.05, 3.63) is 36.4 Å². The summed E-state index contributed by atoms with van der Waals surface area (Å²) in [5.41, 5.74) is 0.207. The predicted octanol–water partition coefficient (Wildman–Crippen LogP) is 0.671. The summed E-state index contributed by atoms with van der Waals surface area (Å²) in [5.74, 6) is -1.61. The van der Waals surface area contributed by atoms with Crippen LogP contribution in [-0.4, -0.2) is 30.9 Å². The van der Waals surface area contributed by atoms with E-state index in [-0.39, 0.29) is 11.4 Å². The van der Waals surface area contributed by atoms with Gasteiger partial charge in [0.15, 0.2) is 11.4 Å². The lowest BCUT2D eigenvalue weighted by atomic mass is 10.3. The Labute approximate surface area is 84.4 Å². The van der Waals surface area contributed by atoms with Gasteiger partial charge in [-0.15, -0.1) is 0 Å². The highest BCUT2D eigenvalue weighted by Crippen LogP contribution is 2.19. The van der Waals surface area contributed by atoms with Crippen LogP contribution in [0.5, 0.6) is 5.75 Å². The Bertz CT molecular complexity index is 493. The number of carbonyl (C=O) groups is 1. The highest BCUT2D eigenvalue weighted by molar-refractivity contribution is 5.89. The molecular formula is C9H7N3O3. The maximum Gasteiger partial charge on any atom is 0.358 e. The zero-order valence-electron chi connectivity index (χ0n) is 7.53. The van der Waals surface area contributed by atoms with Gasteiger partial charge in [0.1, 0.15) is 0 Å². The van der Waals surface area contributed by atoms with E-state index in [0.717, 1.165) is 10.9 Å². The normalized spacial score (nSPS) is 10.1. The molecule has 0 aliphatic carbocycles. The van der Waals surface area contributed by atoms with E-state index in [2.05, 4.69) is 10.1 Å². The van der Waals surface area contributed by atoms with Gasteiger partial charge in [-0.3, -0.25) is 4.98 Å². The Morgan fingerprint density at radius 3 is 2.80 bits per heavy atom. The minimum atomic E-state index is -1.24. The number of carboxylic acid groups (broad SMARTS) is 1. The molecule has 15 heavy (non-hydrogen) atoms. The third kappa shape index (κ3) is 1.52. The Hall–Kier alpha value is -2.37. The number of aromatic nitrogens is 3. The summed E-state index contributed by atoms with van der Waals surface area (Å²) < 4.78 is 1.12.